The first-order valence-electron chi connectivity index (χ1n) is 14.4. The smallest absolute Gasteiger partial charge is 0.336 e. The van der Waals surface area contributed by atoms with Crippen LogP contribution in [0.2, 0.25) is 0 Å². The molecule has 258 valence electrons. The highest BCUT2D eigenvalue weighted by atomic mass is 16.7. The van der Waals surface area contributed by atoms with E-state index in [0.29, 0.717) is 0 Å². The lowest BCUT2D eigenvalue weighted by Crippen LogP contribution is -2.60. The van der Waals surface area contributed by atoms with Gasteiger partial charge in [0.2, 0.25) is 18.9 Å². The van der Waals surface area contributed by atoms with Crippen molar-refractivity contribution in [2.24, 2.45) is 0 Å². The molecule has 1 heterocycles. The zero-order valence-corrected chi connectivity index (χ0v) is 26.4. The lowest BCUT2D eigenvalue weighted by atomic mass is 9.99. The normalized spacial score (nSPS) is 25.9. The molecule has 8 atom stereocenters. The number of aliphatic hydroxyl groups is 7. The molecule has 0 bridgehead atoms. The molecule has 1 saturated heterocycles. The summed E-state index contributed by atoms with van der Waals surface area (Å²) in [5, 5.41) is 77.7. The lowest BCUT2D eigenvalue weighted by molar-refractivity contribution is -0.319. The van der Waals surface area contributed by atoms with Crippen molar-refractivity contribution >= 4 is 11.9 Å². The minimum atomic E-state index is -2.22. The van der Waals surface area contributed by atoms with E-state index in [1.54, 1.807) is 30.4 Å². The minimum Gasteiger partial charge on any atom is -0.478 e. The molecular weight excluding hydrogens is 608 g/mol. The van der Waals surface area contributed by atoms with Crippen LogP contribution in [0.25, 0.3) is 0 Å². The number of ether oxygens (including phenoxy) is 4. The van der Waals surface area contributed by atoms with Gasteiger partial charge in [-0.1, -0.05) is 71.9 Å². The summed E-state index contributed by atoms with van der Waals surface area (Å²) in [6.07, 6.45) is 2.03. The van der Waals surface area contributed by atoms with Gasteiger partial charge in [0.25, 0.3) is 0 Å². The molecule has 14 nitrogen and oxygen atoms in total. The maximum Gasteiger partial charge on any atom is 0.336 e. The molecule has 14 heteroatoms. The summed E-state index contributed by atoms with van der Waals surface area (Å²) in [5.41, 5.74) is 2.09. The van der Waals surface area contributed by atoms with Crippen LogP contribution in [0.1, 0.15) is 34.6 Å². The molecular formula is C32H46O14. The summed E-state index contributed by atoms with van der Waals surface area (Å²) >= 11 is 0. The van der Waals surface area contributed by atoms with Gasteiger partial charge in [-0.05, 0) is 34.6 Å². The van der Waals surface area contributed by atoms with E-state index in [0.717, 1.165) is 11.1 Å². The molecule has 0 aromatic rings. The molecule has 0 aromatic heterocycles. The van der Waals surface area contributed by atoms with Crippen LogP contribution in [0, 0.1) is 0 Å². The standard InChI is InChI=1S/C32H46O14/c1-18(12-8-14-20(3)28(38)39)10-6-7-11-19(2)13-9-15-21(4)30(42)46-31-27(37)26(36)25(35)24(45-31)17-43-32(29(40)41)44-23(16-33)22(5)34/h6-15,22-27,29,31-37,40-41H,16-17H2,1-5H3,(H,38,39)/b7-6+,12-8+,13-9+,18-10-,19-11+,20-14+,21-15+/t22-,23?,24?,25?,26?,27?,31?,32?/m0/s1. The Labute approximate surface area is 267 Å². The minimum absolute atomic E-state index is 0.117. The highest BCUT2D eigenvalue weighted by Crippen LogP contribution is 2.24. The zero-order valence-electron chi connectivity index (χ0n) is 26.4. The van der Waals surface area contributed by atoms with Gasteiger partial charge in [0.05, 0.1) is 19.3 Å². The van der Waals surface area contributed by atoms with Gasteiger partial charge in [-0.2, -0.15) is 0 Å². The quantitative estimate of drug-likeness (QED) is 0.0456. The molecule has 1 rings (SSSR count). The van der Waals surface area contributed by atoms with E-state index in [-0.39, 0.29) is 11.1 Å². The summed E-state index contributed by atoms with van der Waals surface area (Å²) in [6.45, 7) is 6.65. The maximum atomic E-state index is 12.6. The van der Waals surface area contributed by atoms with Crippen molar-refractivity contribution in [3.8, 4) is 0 Å². The first-order valence-corrected chi connectivity index (χ1v) is 14.4. The van der Waals surface area contributed by atoms with Gasteiger partial charge in [0.15, 0.2) is 0 Å². The average Bonchev–Trinajstić information content (AvgIpc) is 2.99. The molecule has 0 aliphatic carbocycles. The lowest BCUT2D eigenvalue weighted by Gasteiger charge is -2.40. The van der Waals surface area contributed by atoms with Crippen molar-refractivity contribution in [2.45, 2.75) is 90.1 Å². The van der Waals surface area contributed by atoms with Crippen LogP contribution < -0.4 is 0 Å². The number of carboxylic acid groups (broad SMARTS) is 1. The van der Waals surface area contributed by atoms with Crippen molar-refractivity contribution in [3.63, 3.8) is 0 Å². The van der Waals surface area contributed by atoms with E-state index in [4.69, 9.17) is 24.1 Å². The Kier molecular flexibility index (Phi) is 18.4. The van der Waals surface area contributed by atoms with E-state index in [1.165, 1.54) is 32.9 Å². The van der Waals surface area contributed by atoms with Gasteiger partial charge in [0, 0.05) is 11.1 Å². The first-order chi connectivity index (χ1) is 21.6. The number of allylic oxidation sites excluding steroid dienone is 12. The Hall–Kier alpha value is -3.28. The monoisotopic (exact) mass is 654 g/mol. The van der Waals surface area contributed by atoms with E-state index >= 15 is 0 Å². The Morgan fingerprint density at radius 2 is 1.35 bits per heavy atom. The number of carbonyl (C=O) groups is 2. The second-order valence-corrected chi connectivity index (χ2v) is 10.6. The highest BCUT2D eigenvalue weighted by Gasteiger charge is 2.46. The molecule has 0 aromatic carbocycles. The van der Waals surface area contributed by atoms with Gasteiger partial charge in [-0.25, -0.2) is 9.59 Å². The number of carbonyl (C=O) groups excluding carboxylic acids is 1. The Bertz CT molecular complexity index is 1190. The number of rotatable bonds is 17. The second-order valence-electron chi connectivity index (χ2n) is 10.6. The van der Waals surface area contributed by atoms with Crippen molar-refractivity contribution in [1.82, 2.24) is 0 Å². The predicted molar refractivity (Wildman–Crippen MR) is 164 cm³/mol. The van der Waals surface area contributed by atoms with Crippen molar-refractivity contribution in [3.05, 3.63) is 83.1 Å². The molecule has 46 heavy (non-hydrogen) atoms. The van der Waals surface area contributed by atoms with Crippen LogP contribution in [0.3, 0.4) is 0 Å². The predicted octanol–water partition coefficient (Wildman–Crippen LogP) is 0.287. The second kappa shape index (κ2) is 20.8. The first kappa shape index (κ1) is 40.7. The molecule has 0 radical (unpaired) electrons. The third-order valence-corrected chi connectivity index (χ3v) is 6.49. The summed E-state index contributed by atoms with van der Waals surface area (Å²) in [4.78, 5) is 23.4. The summed E-state index contributed by atoms with van der Waals surface area (Å²) < 4.78 is 21.0. The largest absolute Gasteiger partial charge is 0.478 e. The zero-order chi connectivity index (χ0) is 35.0. The molecule has 8 N–H and O–H groups in total. The van der Waals surface area contributed by atoms with E-state index < -0.39 is 80.6 Å². The van der Waals surface area contributed by atoms with Gasteiger partial charge >= 0.3 is 11.9 Å². The summed E-state index contributed by atoms with van der Waals surface area (Å²) in [7, 11) is 0. The third kappa shape index (κ3) is 14.4. The fourth-order valence-corrected chi connectivity index (χ4v) is 3.57. The molecule has 1 fully saturated rings. The van der Waals surface area contributed by atoms with Crippen LogP contribution >= 0.6 is 0 Å². The highest BCUT2D eigenvalue weighted by molar-refractivity contribution is 5.88. The number of esters is 1. The molecule has 0 amide bonds. The summed E-state index contributed by atoms with van der Waals surface area (Å²) in [6, 6.07) is 0. The molecule has 1 aliphatic heterocycles. The summed E-state index contributed by atoms with van der Waals surface area (Å²) in [5.74, 6) is -1.87. The molecule has 0 saturated carbocycles. The van der Waals surface area contributed by atoms with Crippen LogP contribution in [0.5, 0.6) is 0 Å². The van der Waals surface area contributed by atoms with Gasteiger partial charge < -0.3 is 59.8 Å². The third-order valence-electron chi connectivity index (χ3n) is 6.49. The Balaban J connectivity index is 2.79. The van der Waals surface area contributed by atoms with Crippen molar-refractivity contribution < 1.29 is 69.4 Å². The fourth-order valence-electron chi connectivity index (χ4n) is 3.57. The van der Waals surface area contributed by atoms with Gasteiger partial charge in [-0.3, -0.25) is 0 Å². The van der Waals surface area contributed by atoms with Crippen molar-refractivity contribution in [2.75, 3.05) is 13.2 Å². The van der Waals surface area contributed by atoms with Crippen LogP contribution in [-0.4, -0.2) is 121 Å². The number of hydrogen-bond acceptors (Lipinski definition) is 13. The van der Waals surface area contributed by atoms with Crippen LogP contribution in [-0.2, 0) is 28.5 Å². The van der Waals surface area contributed by atoms with E-state index in [9.17, 15) is 45.3 Å². The molecule has 1 aliphatic rings. The molecule has 0 spiro atoms. The fraction of sp³-hybridized carbons (Fsp3) is 0.500. The number of aliphatic hydroxyl groups excluding tert-OH is 6. The topological polar surface area (TPSA) is 233 Å². The number of aliphatic carboxylic acids is 1. The van der Waals surface area contributed by atoms with Gasteiger partial charge in [0.1, 0.15) is 30.5 Å². The van der Waals surface area contributed by atoms with Crippen LogP contribution in [0.15, 0.2) is 83.1 Å². The van der Waals surface area contributed by atoms with Crippen molar-refractivity contribution in [1.29, 1.82) is 0 Å². The van der Waals surface area contributed by atoms with Gasteiger partial charge in [-0.15, -0.1) is 0 Å². The average molecular weight is 655 g/mol. The number of carboxylic acids is 1. The SMILES string of the molecule is CC(=C/C=C/C=C(C)/C=C/C=C(\C)C(=O)OC1OC(COC(OC(CO)[C@H](C)O)C(O)O)C(O)C(O)C1O)/C=C/C=C(\C)C(=O)O. The molecule has 7 unspecified atom stereocenters. The number of hydrogen-bond donors (Lipinski definition) is 8. The van der Waals surface area contributed by atoms with E-state index in [1.807, 2.05) is 32.1 Å². The van der Waals surface area contributed by atoms with E-state index in [2.05, 4.69) is 0 Å². The Morgan fingerprint density at radius 3 is 1.83 bits per heavy atom. The Morgan fingerprint density at radius 1 is 0.804 bits per heavy atom. The van der Waals surface area contributed by atoms with Crippen LogP contribution in [0.4, 0.5) is 0 Å². The maximum absolute atomic E-state index is 12.6.